The molecule has 0 saturated carbocycles. The number of anilines is 2. The van der Waals surface area contributed by atoms with Gasteiger partial charge in [0.1, 0.15) is 5.69 Å². The number of halogens is 1. The summed E-state index contributed by atoms with van der Waals surface area (Å²) < 4.78 is 0.815. The lowest BCUT2D eigenvalue weighted by molar-refractivity contribution is -0.383. The Bertz CT molecular complexity index is 731. The molecule has 3 N–H and O–H groups in total. The molecule has 0 bridgehead atoms. The SMILES string of the molecule is Cc1ccc(Br)cc1NC(=O)c1cccc([N+](=O)[O-])c1N. The maximum Gasteiger partial charge on any atom is 0.292 e. The number of carbonyl (C=O) groups excluding carboxylic acids is 1. The van der Waals surface area contributed by atoms with Gasteiger partial charge in [-0.3, -0.25) is 14.9 Å². The van der Waals surface area contributed by atoms with E-state index in [9.17, 15) is 14.9 Å². The van der Waals surface area contributed by atoms with Crippen LogP contribution >= 0.6 is 15.9 Å². The molecule has 0 aliphatic heterocycles. The Morgan fingerprint density at radius 1 is 1.33 bits per heavy atom. The predicted molar refractivity (Wildman–Crippen MR) is 84.3 cm³/mol. The molecule has 108 valence electrons. The number of hydrogen-bond donors (Lipinski definition) is 2. The lowest BCUT2D eigenvalue weighted by Crippen LogP contribution is -2.15. The Morgan fingerprint density at radius 3 is 2.71 bits per heavy atom. The Labute approximate surface area is 129 Å². The molecular formula is C14H12BrN3O3. The number of para-hydroxylation sites is 1. The van der Waals surface area contributed by atoms with E-state index in [-0.39, 0.29) is 16.9 Å². The molecule has 1 amide bonds. The molecule has 2 rings (SSSR count). The quantitative estimate of drug-likeness (QED) is 0.503. The van der Waals surface area contributed by atoms with Crippen LogP contribution in [0.3, 0.4) is 0 Å². The van der Waals surface area contributed by atoms with E-state index in [4.69, 9.17) is 5.73 Å². The van der Waals surface area contributed by atoms with Crippen molar-refractivity contribution in [1.82, 2.24) is 0 Å². The zero-order valence-corrected chi connectivity index (χ0v) is 12.7. The average molecular weight is 350 g/mol. The number of nitro benzene ring substituents is 1. The molecule has 0 aliphatic rings. The third kappa shape index (κ3) is 3.19. The molecule has 0 atom stereocenters. The number of nitrogens with one attached hydrogen (secondary N) is 1. The smallest absolute Gasteiger partial charge is 0.292 e. The van der Waals surface area contributed by atoms with Gasteiger partial charge in [-0.25, -0.2) is 0 Å². The number of carbonyl (C=O) groups is 1. The maximum absolute atomic E-state index is 12.2. The first-order valence-corrected chi connectivity index (χ1v) is 6.80. The Hall–Kier alpha value is -2.41. The Kier molecular flexibility index (Phi) is 4.23. The summed E-state index contributed by atoms with van der Waals surface area (Å²) in [4.78, 5) is 22.5. The average Bonchev–Trinajstić information content (AvgIpc) is 2.42. The highest BCUT2D eigenvalue weighted by Crippen LogP contribution is 2.27. The van der Waals surface area contributed by atoms with Crippen molar-refractivity contribution in [2.75, 3.05) is 11.1 Å². The van der Waals surface area contributed by atoms with Gasteiger partial charge < -0.3 is 11.1 Å². The summed E-state index contributed by atoms with van der Waals surface area (Å²) in [7, 11) is 0. The van der Waals surface area contributed by atoms with Crippen LogP contribution < -0.4 is 11.1 Å². The van der Waals surface area contributed by atoms with Gasteiger partial charge in [0.2, 0.25) is 0 Å². The van der Waals surface area contributed by atoms with Gasteiger partial charge in [0.25, 0.3) is 11.6 Å². The fourth-order valence-electron chi connectivity index (χ4n) is 1.83. The number of nitrogen functional groups attached to an aromatic ring is 1. The zero-order chi connectivity index (χ0) is 15.6. The minimum Gasteiger partial charge on any atom is -0.393 e. The molecule has 21 heavy (non-hydrogen) atoms. The van der Waals surface area contributed by atoms with Gasteiger partial charge in [-0.05, 0) is 30.7 Å². The zero-order valence-electron chi connectivity index (χ0n) is 11.1. The van der Waals surface area contributed by atoms with E-state index in [1.54, 1.807) is 6.07 Å². The lowest BCUT2D eigenvalue weighted by atomic mass is 10.1. The number of nitro groups is 1. The maximum atomic E-state index is 12.2. The number of nitrogens with two attached hydrogens (primary N) is 1. The standard InChI is InChI=1S/C14H12BrN3O3/c1-8-5-6-9(15)7-11(8)17-14(19)10-3-2-4-12(13(10)16)18(20)21/h2-7H,16H2,1H3,(H,17,19). The van der Waals surface area contributed by atoms with Crippen molar-refractivity contribution in [1.29, 1.82) is 0 Å². The van der Waals surface area contributed by atoms with Gasteiger partial charge in [-0.15, -0.1) is 0 Å². The number of aryl methyl sites for hydroxylation is 1. The highest BCUT2D eigenvalue weighted by molar-refractivity contribution is 9.10. The van der Waals surface area contributed by atoms with E-state index in [1.165, 1.54) is 18.2 Å². The third-order valence-corrected chi connectivity index (χ3v) is 3.47. The summed E-state index contributed by atoms with van der Waals surface area (Å²) in [6, 6.07) is 9.59. The van der Waals surface area contributed by atoms with Crippen molar-refractivity contribution in [3.63, 3.8) is 0 Å². The predicted octanol–water partition coefficient (Wildman–Crippen LogP) is 3.50. The van der Waals surface area contributed by atoms with Crippen LogP contribution in [-0.2, 0) is 0 Å². The van der Waals surface area contributed by atoms with Crippen molar-refractivity contribution in [2.45, 2.75) is 6.92 Å². The number of rotatable bonds is 3. The minimum absolute atomic E-state index is 0.0728. The van der Waals surface area contributed by atoms with Crippen LogP contribution in [0.1, 0.15) is 15.9 Å². The topological polar surface area (TPSA) is 98.3 Å². The van der Waals surface area contributed by atoms with Crippen LogP contribution in [0.25, 0.3) is 0 Å². The molecule has 0 unspecified atom stereocenters. The van der Waals surface area contributed by atoms with Crippen molar-refractivity contribution >= 4 is 38.9 Å². The molecule has 2 aromatic rings. The van der Waals surface area contributed by atoms with Gasteiger partial charge >= 0.3 is 0 Å². The van der Waals surface area contributed by atoms with Crippen molar-refractivity contribution < 1.29 is 9.72 Å². The summed E-state index contributed by atoms with van der Waals surface area (Å²) in [5.41, 5.74) is 6.82. The van der Waals surface area contributed by atoms with Crippen molar-refractivity contribution in [3.8, 4) is 0 Å². The Balaban J connectivity index is 2.35. The van der Waals surface area contributed by atoms with E-state index in [0.29, 0.717) is 5.69 Å². The molecule has 2 aromatic carbocycles. The van der Waals surface area contributed by atoms with E-state index < -0.39 is 10.8 Å². The molecule has 0 heterocycles. The fourth-order valence-corrected chi connectivity index (χ4v) is 2.19. The minimum atomic E-state index is -0.615. The second-order valence-electron chi connectivity index (χ2n) is 4.41. The van der Waals surface area contributed by atoms with E-state index in [0.717, 1.165) is 10.0 Å². The molecule has 6 nitrogen and oxygen atoms in total. The molecule has 0 saturated heterocycles. The first-order chi connectivity index (χ1) is 9.90. The second kappa shape index (κ2) is 5.92. The lowest BCUT2D eigenvalue weighted by Gasteiger charge is -2.10. The van der Waals surface area contributed by atoms with E-state index in [2.05, 4.69) is 21.2 Å². The van der Waals surface area contributed by atoms with E-state index >= 15 is 0 Å². The number of hydrogen-bond acceptors (Lipinski definition) is 4. The number of benzene rings is 2. The van der Waals surface area contributed by atoms with Gasteiger partial charge in [0.05, 0.1) is 10.5 Å². The summed E-state index contributed by atoms with van der Waals surface area (Å²) in [6.45, 7) is 1.85. The number of nitrogens with zero attached hydrogens (tertiary/aromatic N) is 1. The molecule has 0 radical (unpaired) electrons. The van der Waals surface area contributed by atoms with Crippen LogP contribution in [0.4, 0.5) is 17.1 Å². The van der Waals surface area contributed by atoms with Crippen LogP contribution in [0.5, 0.6) is 0 Å². The van der Waals surface area contributed by atoms with Crippen molar-refractivity contribution in [3.05, 3.63) is 62.1 Å². The summed E-state index contributed by atoms with van der Waals surface area (Å²) >= 11 is 3.32. The van der Waals surface area contributed by atoms with Crippen LogP contribution in [0.2, 0.25) is 0 Å². The highest BCUT2D eigenvalue weighted by Gasteiger charge is 2.19. The highest BCUT2D eigenvalue weighted by atomic mass is 79.9. The molecule has 7 heteroatoms. The van der Waals surface area contributed by atoms with Crippen LogP contribution in [-0.4, -0.2) is 10.8 Å². The Morgan fingerprint density at radius 2 is 2.05 bits per heavy atom. The largest absolute Gasteiger partial charge is 0.393 e. The first-order valence-electron chi connectivity index (χ1n) is 6.00. The van der Waals surface area contributed by atoms with E-state index in [1.807, 2.05) is 19.1 Å². The monoisotopic (exact) mass is 349 g/mol. The molecular weight excluding hydrogens is 338 g/mol. The van der Waals surface area contributed by atoms with Crippen LogP contribution in [0.15, 0.2) is 40.9 Å². The third-order valence-electron chi connectivity index (χ3n) is 2.97. The van der Waals surface area contributed by atoms with Gasteiger partial charge in [-0.1, -0.05) is 28.1 Å². The number of amides is 1. The second-order valence-corrected chi connectivity index (χ2v) is 5.32. The first kappa shape index (κ1) is 15.0. The van der Waals surface area contributed by atoms with Gasteiger partial charge in [0.15, 0.2) is 0 Å². The van der Waals surface area contributed by atoms with Gasteiger partial charge in [-0.2, -0.15) is 0 Å². The van der Waals surface area contributed by atoms with Crippen LogP contribution in [0, 0.1) is 17.0 Å². The van der Waals surface area contributed by atoms with Crippen molar-refractivity contribution in [2.24, 2.45) is 0 Å². The molecule has 0 spiro atoms. The fraction of sp³-hybridized carbons (Fsp3) is 0.0714. The summed E-state index contributed by atoms with van der Waals surface area (Å²) in [5, 5.41) is 13.5. The van der Waals surface area contributed by atoms with Gasteiger partial charge in [0, 0.05) is 16.2 Å². The molecule has 0 aliphatic carbocycles. The molecule has 0 aromatic heterocycles. The molecule has 0 fully saturated rings. The normalized spacial score (nSPS) is 10.2. The summed E-state index contributed by atoms with van der Waals surface area (Å²) in [6.07, 6.45) is 0. The summed E-state index contributed by atoms with van der Waals surface area (Å²) in [5.74, 6) is -0.489.